The van der Waals surface area contributed by atoms with Crippen LogP contribution in [-0.2, 0) is 10.8 Å². The lowest BCUT2D eigenvalue weighted by molar-refractivity contribution is 0.205. The topological polar surface area (TPSA) is 46.3 Å². The molecule has 1 rings (SSSR count). The van der Waals surface area contributed by atoms with Gasteiger partial charge in [0.15, 0.2) is 0 Å². The quantitative estimate of drug-likeness (QED) is 0.694. The van der Waals surface area contributed by atoms with E-state index in [0.29, 0.717) is 6.04 Å². The van der Waals surface area contributed by atoms with Crippen LogP contribution in [0.15, 0.2) is 0 Å². The summed E-state index contributed by atoms with van der Waals surface area (Å²) >= 11 is 0. The summed E-state index contributed by atoms with van der Waals surface area (Å²) in [7, 11) is -0.569. The van der Waals surface area contributed by atoms with Gasteiger partial charge in [-0.3, -0.25) is 9.11 Å². The fourth-order valence-corrected chi connectivity index (χ4v) is 3.18. The zero-order valence-electron chi connectivity index (χ0n) is 9.78. The van der Waals surface area contributed by atoms with E-state index in [9.17, 15) is 4.21 Å². The first-order valence-electron chi connectivity index (χ1n) is 6.07. The zero-order valence-corrected chi connectivity index (χ0v) is 10.6. The maximum atomic E-state index is 11.2. The van der Waals surface area contributed by atoms with Crippen molar-refractivity contribution in [2.24, 2.45) is 5.73 Å². The van der Waals surface area contributed by atoms with Crippen molar-refractivity contribution in [1.82, 2.24) is 4.90 Å². The fraction of sp³-hybridized carbons (Fsp3) is 1.00. The number of rotatable bonds is 6. The van der Waals surface area contributed by atoms with Crippen LogP contribution in [0.1, 0.15) is 32.6 Å². The van der Waals surface area contributed by atoms with Gasteiger partial charge in [0.05, 0.1) is 0 Å². The molecule has 1 atom stereocenters. The maximum absolute atomic E-state index is 11.2. The number of hydrogen-bond acceptors (Lipinski definition) is 3. The van der Waals surface area contributed by atoms with E-state index >= 15 is 0 Å². The van der Waals surface area contributed by atoms with Gasteiger partial charge in [0, 0.05) is 48.0 Å². The second-order valence-corrected chi connectivity index (χ2v) is 5.97. The van der Waals surface area contributed by atoms with Gasteiger partial charge >= 0.3 is 0 Å². The van der Waals surface area contributed by atoms with Gasteiger partial charge in [-0.25, -0.2) is 0 Å². The predicted molar refractivity (Wildman–Crippen MR) is 66.4 cm³/mol. The number of unbranched alkanes of at least 4 members (excludes halogenated alkanes) is 2. The molecule has 4 heteroatoms. The molecular weight excluding hydrogens is 208 g/mol. The molecule has 0 saturated carbocycles. The highest BCUT2D eigenvalue weighted by molar-refractivity contribution is 7.85. The van der Waals surface area contributed by atoms with Gasteiger partial charge in [0.25, 0.3) is 0 Å². The molecule has 0 aromatic heterocycles. The molecule has 1 unspecified atom stereocenters. The summed E-state index contributed by atoms with van der Waals surface area (Å²) in [6.07, 6.45) is 5.05. The lowest BCUT2D eigenvalue weighted by atomic mass is 10.1. The van der Waals surface area contributed by atoms with Crippen LogP contribution in [0.5, 0.6) is 0 Å². The summed E-state index contributed by atoms with van der Waals surface area (Å²) in [5.74, 6) is 1.68. The van der Waals surface area contributed by atoms with Crippen LogP contribution in [0, 0.1) is 0 Å². The molecule has 0 aromatic rings. The van der Waals surface area contributed by atoms with Crippen molar-refractivity contribution in [1.29, 1.82) is 0 Å². The van der Waals surface area contributed by atoms with Crippen LogP contribution < -0.4 is 5.73 Å². The largest absolute Gasteiger partial charge is 0.329 e. The van der Waals surface area contributed by atoms with Crippen LogP contribution in [0.2, 0.25) is 0 Å². The van der Waals surface area contributed by atoms with Crippen molar-refractivity contribution in [3.63, 3.8) is 0 Å². The molecule has 2 N–H and O–H groups in total. The highest BCUT2D eigenvalue weighted by atomic mass is 32.2. The van der Waals surface area contributed by atoms with Gasteiger partial charge in [-0.15, -0.1) is 0 Å². The lowest BCUT2D eigenvalue weighted by Gasteiger charge is -2.33. The van der Waals surface area contributed by atoms with E-state index < -0.39 is 10.8 Å². The van der Waals surface area contributed by atoms with E-state index in [-0.39, 0.29) is 0 Å². The Morgan fingerprint density at radius 1 is 1.33 bits per heavy atom. The summed E-state index contributed by atoms with van der Waals surface area (Å²) in [5, 5.41) is 0. The average Bonchev–Trinajstić information content (AvgIpc) is 2.26. The first-order chi connectivity index (χ1) is 7.27. The van der Waals surface area contributed by atoms with E-state index in [0.717, 1.165) is 31.1 Å². The summed E-state index contributed by atoms with van der Waals surface area (Å²) in [5.41, 5.74) is 5.80. The Morgan fingerprint density at radius 2 is 2.00 bits per heavy atom. The molecular formula is C11H24N2OS. The molecule has 3 nitrogen and oxygen atoms in total. The predicted octanol–water partition coefficient (Wildman–Crippen LogP) is 0.958. The Kier molecular flexibility index (Phi) is 6.45. The zero-order chi connectivity index (χ0) is 11.1. The van der Waals surface area contributed by atoms with Crippen molar-refractivity contribution in [2.45, 2.75) is 38.6 Å². The van der Waals surface area contributed by atoms with Crippen molar-refractivity contribution in [2.75, 3.05) is 31.1 Å². The Balaban J connectivity index is 2.27. The van der Waals surface area contributed by atoms with Gasteiger partial charge in [-0.1, -0.05) is 26.2 Å². The lowest BCUT2D eigenvalue weighted by Crippen LogP contribution is -2.47. The number of hydrogen-bond donors (Lipinski definition) is 1. The van der Waals surface area contributed by atoms with Crippen LogP contribution >= 0.6 is 0 Å². The SMILES string of the molecule is CCCCCC(CN)N1CCS(=O)CC1. The minimum atomic E-state index is -0.569. The first kappa shape index (κ1) is 13.1. The summed E-state index contributed by atoms with van der Waals surface area (Å²) < 4.78 is 11.2. The molecule has 0 aromatic carbocycles. The van der Waals surface area contributed by atoms with Crippen molar-refractivity contribution in [3.05, 3.63) is 0 Å². The summed E-state index contributed by atoms with van der Waals surface area (Å²) in [6.45, 7) is 4.92. The standard InChI is InChI=1S/C11H24N2OS/c1-2-3-4-5-11(10-12)13-6-8-15(14)9-7-13/h11H,2-10,12H2,1H3. The van der Waals surface area contributed by atoms with E-state index in [2.05, 4.69) is 11.8 Å². The molecule has 0 aliphatic carbocycles. The van der Waals surface area contributed by atoms with Crippen molar-refractivity contribution >= 4 is 10.8 Å². The molecule has 1 aliphatic rings. The normalized spacial score (nSPS) is 21.7. The molecule has 0 amide bonds. The smallest absolute Gasteiger partial charge is 0.0363 e. The molecule has 0 spiro atoms. The molecule has 90 valence electrons. The van der Waals surface area contributed by atoms with Crippen LogP contribution in [0.4, 0.5) is 0 Å². The summed E-state index contributed by atoms with van der Waals surface area (Å²) in [4.78, 5) is 2.43. The monoisotopic (exact) mass is 232 g/mol. The third kappa shape index (κ3) is 4.62. The molecule has 0 bridgehead atoms. The van der Waals surface area contributed by atoms with Crippen molar-refractivity contribution < 1.29 is 4.21 Å². The Bertz CT molecular complexity index is 189. The van der Waals surface area contributed by atoms with Gasteiger partial charge in [-0.2, -0.15) is 0 Å². The van der Waals surface area contributed by atoms with Gasteiger partial charge < -0.3 is 5.73 Å². The van der Waals surface area contributed by atoms with Gasteiger partial charge in [0.1, 0.15) is 0 Å². The van der Waals surface area contributed by atoms with E-state index in [1.807, 2.05) is 0 Å². The highest BCUT2D eigenvalue weighted by Gasteiger charge is 2.21. The Hall–Kier alpha value is 0.0700. The van der Waals surface area contributed by atoms with E-state index in [4.69, 9.17) is 5.73 Å². The Labute approximate surface area is 95.9 Å². The fourth-order valence-electron chi connectivity index (χ4n) is 2.10. The van der Waals surface area contributed by atoms with E-state index in [1.54, 1.807) is 0 Å². The van der Waals surface area contributed by atoms with Crippen LogP contribution in [-0.4, -0.2) is 46.3 Å². The van der Waals surface area contributed by atoms with Crippen molar-refractivity contribution in [3.8, 4) is 0 Å². The maximum Gasteiger partial charge on any atom is 0.0363 e. The molecule has 1 heterocycles. The highest BCUT2D eigenvalue weighted by Crippen LogP contribution is 2.11. The van der Waals surface area contributed by atoms with Gasteiger partial charge in [-0.05, 0) is 6.42 Å². The average molecular weight is 232 g/mol. The molecule has 1 fully saturated rings. The second-order valence-electron chi connectivity index (χ2n) is 4.27. The van der Waals surface area contributed by atoms with E-state index in [1.165, 1.54) is 25.7 Å². The Morgan fingerprint density at radius 3 is 2.53 bits per heavy atom. The minimum Gasteiger partial charge on any atom is -0.329 e. The molecule has 15 heavy (non-hydrogen) atoms. The minimum absolute atomic E-state index is 0.522. The van der Waals surface area contributed by atoms with Gasteiger partial charge in [0.2, 0.25) is 0 Å². The third-order valence-corrected chi connectivity index (χ3v) is 4.42. The summed E-state index contributed by atoms with van der Waals surface area (Å²) in [6, 6.07) is 0.522. The molecule has 1 aliphatic heterocycles. The molecule has 0 radical (unpaired) electrons. The second kappa shape index (κ2) is 7.36. The van der Waals surface area contributed by atoms with Crippen LogP contribution in [0.3, 0.4) is 0 Å². The third-order valence-electron chi connectivity index (χ3n) is 3.14. The number of nitrogens with two attached hydrogens (primary N) is 1. The first-order valence-corrected chi connectivity index (χ1v) is 7.55. The molecule has 1 saturated heterocycles. The van der Waals surface area contributed by atoms with Crippen LogP contribution in [0.25, 0.3) is 0 Å². The number of nitrogens with zero attached hydrogens (tertiary/aromatic N) is 1.